The van der Waals surface area contributed by atoms with Gasteiger partial charge in [-0.25, -0.2) is 14.6 Å². The molecule has 5 aromatic rings. The molecular formula is C28H27N7O2. The lowest BCUT2D eigenvalue weighted by Crippen LogP contribution is -2.39. The van der Waals surface area contributed by atoms with Crippen LogP contribution in [0, 0.1) is 0 Å². The van der Waals surface area contributed by atoms with Gasteiger partial charge in [-0.05, 0) is 56.2 Å². The summed E-state index contributed by atoms with van der Waals surface area (Å²) in [5, 5.41) is 10.3. The molecule has 9 heteroatoms. The molecule has 2 N–H and O–H groups in total. The number of likely N-dealkylation sites (tertiary alicyclic amines) is 1. The van der Waals surface area contributed by atoms with Crippen molar-refractivity contribution in [3.05, 3.63) is 79.3 Å². The van der Waals surface area contributed by atoms with Crippen molar-refractivity contribution in [2.75, 3.05) is 18.4 Å². The minimum atomic E-state index is 0.0139. The summed E-state index contributed by atoms with van der Waals surface area (Å²) in [4.78, 5) is 26.6. The molecule has 3 aromatic heterocycles. The lowest BCUT2D eigenvalue weighted by molar-refractivity contribution is -0.128. The van der Waals surface area contributed by atoms with Gasteiger partial charge in [-0.2, -0.15) is 5.10 Å². The topological polar surface area (TPSA) is 101 Å². The van der Waals surface area contributed by atoms with Gasteiger partial charge in [0, 0.05) is 30.5 Å². The third kappa shape index (κ3) is 4.40. The summed E-state index contributed by atoms with van der Waals surface area (Å²) in [5.74, 6) is 2.26. The van der Waals surface area contributed by atoms with Gasteiger partial charge < -0.3 is 19.9 Å². The van der Waals surface area contributed by atoms with E-state index in [1.165, 1.54) is 0 Å². The first-order valence-electron chi connectivity index (χ1n) is 12.3. The second-order valence-electron chi connectivity index (χ2n) is 9.28. The Kier molecular flexibility index (Phi) is 5.80. The van der Waals surface area contributed by atoms with E-state index in [9.17, 15) is 4.79 Å². The summed E-state index contributed by atoms with van der Waals surface area (Å²) in [6.45, 7) is 6.87. The number of piperidine rings is 1. The van der Waals surface area contributed by atoms with Crippen LogP contribution >= 0.6 is 0 Å². The molecule has 0 unspecified atom stereocenters. The minimum Gasteiger partial charge on any atom is -0.457 e. The number of H-pyrrole nitrogens is 1. The fourth-order valence-electron chi connectivity index (χ4n) is 4.80. The van der Waals surface area contributed by atoms with Gasteiger partial charge in [0.2, 0.25) is 5.91 Å². The molecule has 0 aliphatic carbocycles. The number of benzene rings is 2. The Morgan fingerprint density at radius 3 is 2.51 bits per heavy atom. The number of anilines is 2. The number of nitrogens with zero attached hydrogens (tertiary/aromatic N) is 5. The maximum absolute atomic E-state index is 12.4. The van der Waals surface area contributed by atoms with Crippen LogP contribution in [0.3, 0.4) is 0 Å². The predicted octanol–water partition coefficient (Wildman–Crippen LogP) is 5.58. The van der Waals surface area contributed by atoms with Crippen LogP contribution in [0.1, 0.15) is 25.8 Å². The van der Waals surface area contributed by atoms with Crippen molar-refractivity contribution in [3.8, 4) is 11.5 Å². The third-order valence-electron chi connectivity index (χ3n) is 6.68. The molecule has 0 radical (unpaired) electrons. The van der Waals surface area contributed by atoms with Crippen LogP contribution in [0.15, 0.2) is 79.3 Å². The average molecular weight is 494 g/mol. The second kappa shape index (κ2) is 9.42. The summed E-state index contributed by atoms with van der Waals surface area (Å²) in [6.07, 6.45) is 5.04. The van der Waals surface area contributed by atoms with Crippen LogP contribution in [0.4, 0.5) is 11.5 Å². The Balaban J connectivity index is 1.29. The normalized spacial score (nSPS) is 14.2. The standard InChI is InChI=1S/C28H27N7O2/c1-18(2)28(36)34-14-12-20(13-15-34)35-27-24-23(16-29-26(24)30-17-31-27)25(33-35)32-19-8-10-22(11-9-19)37-21-6-4-3-5-7-21/h3-11,16-17,20H,1,12-15H2,2H3,(H,32,33)(H,29,30,31). The highest BCUT2D eigenvalue weighted by Gasteiger charge is 2.27. The fourth-order valence-corrected chi connectivity index (χ4v) is 4.80. The SMILES string of the molecule is C=C(C)C(=O)N1CCC(n2nc(Nc3ccc(Oc4ccccc4)cc3)c3cnc4[nH]cnc2c43)CC1. The Morgan fingerprint density at radius 2 is 1.78 bits per heavy atom. The van der Waals surface area contributed by atoms with Gasteiger partial charge in [0.05, 0.1) is 23.1 Å². The molecule has 1 aliphatic heterocycles. The molecule has 0 spiro atoms. The van der Waals surface area contributed by atoms with Crippen LogP contribution in [0.25, 0.3) is 22.1 Å². The highest BCUT2D eigenvalue weighted by molar-refractivity contribution is 6.09. The second-order valence-corrected chi connectivity index (χ2v) is 9.28. The van der Waals surface area contributed by atoms with Crippen LogP contribution in [-0.2, 0) is 4.79 Å². The first-order chi connectivity index (χ1) is 18.1. The van der Waals surface area contributed by atoms with Gasteiger partial charge in [0.15, 0.2) is 11.5 Å². The minimum absolute atomic E-state index is 0.0139. The Hall–Kier alpha value is -4.66. The molecule has 0 saturated carbocycles. The predicted molar refractivity (Wildman–Crippen MR) is 143 cm³/mol. The van der Waals surface area contributed by atoms with E-state index in [1.807, 2.05) is 70.4 Å². The number of para-hydroxylation sites is 1. The van der Waals surface area contributed by atoms with Crippen molar-refractivity contribution in [3.63, 3.8) is 0 Å². The number of amides is 1. The molecule has 4 heterocycles. The highest BCUT2D eigenvalue weighted by Crippen LogP contribution is 2.34. The third-order valence-corrected chi connectivity index (χ3v) is 6.68. The van der Waals surface area contributed by atoms with Crippen molar-refractivity contribution in [1.82, 2.24) is 29.6 Å². The zero-order valence-electron chi connectivity index (χ0n) is 20.5. The number of hydrogen-bond acceptors (Lipinski definition) is 6. The van der Waals surface area contributed by atoms with Crippen molar-refractivity contribution in [1.29, 1.82) is 0 Å². The average Bonchev–Trinajstić information content (AvgIpc) is 3.37. The molecule has 1 saturated heterocycles. The van der Waals surface area contributed by atoms with E-state index in [1.54, 1.807) is 13.3 Å². The monoisotopic (exact) mass is 493 g/mol. The molecule has 0 atom stereocenters. The highest BCUT2D eigenvalue weighted by atomic mass is 16.5. The van der Waals surface area contributed by atoms with E-state index in [4.69, 9.17) is 9.84 Å². The molecule has 37 heavy (non-hydrogen) atoms. The quantitative estimate of drug-likeness (QED) is 0.299. The van der Waals surface area contributed by atoms with Crippen LogP contribution in [0.2, 0.25) is 0 Å². The van der Waals surface area contributed by atoms with E-state index >= 15 is 0 Å². The molecule has 0 bridgehead atoms. The van der Waals surface area contributed by atoms with Crippen molar-refractivity contribution in [2.24, 2.45) is 0 Å². The number of nitrogens with one attached hydrogen (secondary N) is 2. The maximum atomic E-state index is 12.4. The Morgan fingerprint density at radius 1 is 1.05 bits per heavy atom. The zero-order valence-corrected chi connectivity index (χ0v) is 20.5. The Bertz CT molecular complexity index is 1580. The zero-order chi connectivity index (χ0) is 25.4. The molecular weight excluding hydrogens is 466 g/mol. The molecule has 9 nitrogen and oxygen atoms in total. The molecule has 6 rings (SSSR count). The molecule has 186 valence electrons. The van der Waals surface area contributed by atoms with Gasteiger partial charge in [-0.1, -0.05) is 24.8 Å². The van der Waals surface area contributed by atoms with Crippen molar-refractivity contribution < 1.29 is 9.53 Å². The van der Waals surface area contributed by atoms with Crippen molar-refractivity contribution in [2.45, 2.75) is 25.8 Å². The van der Waals surface area contributed by atoms with Crippen LogP contribution in [0.5, 0.6) is 11.5 Å². The van der Waals surface area contributed by atoms with Crippen LogP contribution < -0.4 is 10.1 Å². The summed E-state index contributed by atoms with van der Waals surface area (Å²) in [5.41, 5.74) is 2.99. The largest absolute Gasteiger partial charge is 0.457 e. The number of rotatable bonds is 6. The number of aromatic nitrogens is 5. The number of carbonyl (C=O) groups is 1. The van der Waals surface area contributed by atoms with Gasteiger partial charge >= 0.3 is 0 Å². The van der Waals surface area contributed by atoms with Gasteiger partial charge in [-0.15, -0.1) is 0 Å². The van der Waals surface area contributed by atoms with E-state index in [2.05, 4.69) is 26.8 Å². The summed E-state index contributed by atoms with van der Waals surface area (Å²) >= 11 is 0. The van der Waals surface area contributed by atoms with Gasteiger partial charge in [0.1, 0.15) is 17.1 Å². The van der Waals surface area contributed by atoms with E-state index in [-0.39, 0.29) is 11.9 Å². The van der Waals surface area contributed by atoms with E-state index < -0.39 is 0 Å². The molecule has 2 aromatic carbocycles. The lowest BCUT2D eigenvalue weighted by Gasteiger charge is -2.33. The number of hydrogen-bond donors (Lipinski definition) is 2. The summed E-state index contributed by atoms with van der Waals surface area (Å²) in [7, 11) is 0. The summed E-state index contributed by atoms with van der Waals surface area (Å²) in [6, 6.07) is 17.6. The summed E-state index contributed by atoms with van der Waals surface area (Å²) < 4.78 is 7.91. The molecule has 1 aliphatic rings. The smallest absolute Gasteiger partial charge is 0.248 e. The van der Waals surface area contributed by atoms with E-state index in [0.29, 0.717) is 24.5 Å². The van der Waals surface area contributed by atoms with Gasteiger partial charge in [-0.3, -0.25) is 4.79 Å². The first kappa shape index (κ1) is 22.8. The Labute approximate surface area is 213 Å². The van der Waals surface area contributed by atoms with Gasteiger partial charge in [0.25, 0.3) is 0 Å². The molecule has 1 amide bonds. The molecule has 1 fully saturated rings. The van der Waals surface area contributed by atoms with Crippen molar-refractivity contribution >= 4 is 39.5 Å². The number of carbonyl (C=O) groups excluding carboxylic acids is 1. The fraction of sp³-hybridized carbons (Fsp3) is 0.214. The maximum Gasteiger partial charge on any atom is 0.248 e. The van der Waals surface area contributed by atoms with E-state index in [0.717, 1.165) is 52.1 Å². The van der Waals surface area contributed by atoms with Crippen LogP contribution in [-0.4, -0.2) is 48.6 Å². The lowest BCUT2D eigenvalue weighted by atomic mass is 10.0. The number of aromatic amines is 1. The first-order valence-corrected chi connectivity index (χ1v) is 12.3. The number of ether oxygens (including phenoxy) is 1.